The predicted molar refractivity (Wildman–Crippen MR) is 109 cm³/mol. The zero-order valence-corrected chi connectivity index (χ0v) is 17.8. The first-order chi connectivity index (χ1) is 15.3. The summed E-state index contributed by atoms with van der Waals surface area (Å²) < 4.78 is 82.6. The summed E-state index contributed by atoms with van der Waals surface area (Å²) in [6, 6.07) is 11.0. The zero-order chi connectivity index (χ0) is 24.4. The van der Waals surface area contributed by atoms with Crippen molar-refractivity contribution in [2.45, 2.75) is 56.9 Å². The topological polar surface area (TPSA) is 55.6 Å². The minimum Gasteiger partial charge on any atom is -0.372 e. The van der Waals surface area contributed by atoms with E-state index < -0.39 is 42.2 Å². The van der Waals surface area contributed by atoms with E-state index in [9.17, 15) is 31.1 Å². The third kappa shape index (κ3) is 6.48. The SMILES string of the molecule is Cc1ccccc1.NC1CC2CC(OCc3cc(C(F)(F)F)cc(C(F)(F)F)c3)CN2C1=O. The quantitative estimate of drug-likeness (QED) is 0.642. The Kier molecular flexibility index (Phi) is 7.38. The van der Waals surface area contributed by atoms with E-state index in [-0.39, 0.29) is 30.1 Å². The van der Waals surface area contributed by atoms with E-state index in [1.165, 1.54) is 5.56 Å². The van der Waals surface area contributed by atoms with Crippen molar-refractivity contribution in [2.75, 3.05) is 6.54 Å². The van der Waals surface area contributed by atoms with Crippen LogP contribution in [-0.4, -0.2) is 35.5 Å². The molecule has 4 nitrogen and oxygen atoms in total. The highest BCUT2D eigenvalue weighted by atomic mass is 19.4. The number of carbonyl (C=O) groups excluding carboxylic acids is 1. The van der Waals surface area contributed by atoms with Gasteiger partial charge < -0.3 is 15.4 Å². The fourth-order valence-corrected chi connectivity index (χ4v) is 3.95. The molecular weight excluding hydrogens is 450 g/mol. The maximum atomic E-state index is 12.8. The Morgan fingerprint density at radius 2 is 1.55 bits per heavy atom. The van der Waals surface area contributed by atoms with Gasteiger partial charge in [-0.15, -0.1) is 0 Å². The maximum absolute atomic E-state index is 12.8. The number of aryl methyl sites for hydroxylation is 1. The lowest BCUT2D eigenvalue weighted by molar-refractivity contribution is -0.143. The maximum Gasteiger partial charge on any atom is 0.416 e. The lowest BCUT2D eigenvalue weighted by Crippen LogP contribution is -2.35. The molecule has 3 unspecified atom stereocenters. The number of carbonyl (C=O) groups is 1. The van der Waals surface area contributed by atoms with E-state index >= 15 is 0 Å². The van der Waals surface area contributed by atoms with Gasteiger partial charge in [-0.3, -0.25) is 4.79 Å². The van der Waals surface area contributed by atoms with Gasteiger partial charge in [0.2, 0.25) is 5.91 Å². The first-order valence-corrected chi connectivity index (χ1v) is 10.3. The van der Waals surface area contributed by atoms with Crippen molar-refractivity contribution in [1.29, 1.82) is 0 Å². The molecule has 2 heterocycles. The Morgan fingerprint density at radius 3 is 2.00 bits per heavy atom. The molecule has 2 aromatic carbocycles. The van der Waals surface area contributed by atoms with Crippen LogP contribution in [0.25, 0.3) is 0 Å². The summed E-state index contributed by atoms with van der Waals surface area (Å²) in [5.74, 6) is -0.209. The molecule has 2 N–H and O–H groups in total. The van der Waals surface area contributed by atoms with E-state index in [0.29, 0.717) is 25.0 Å². The van der Waals surface area contributed by atoms with Gasteiger partial charge in [0.15, 0.2) is 0 Å². The summed E-state index contributed by atoms with van der Waals surface area (Å²) in [6.07, 6.45) is -9.30. The second kappa shape index (κ2) is 9.72. The molecule has 2 aromatic rings. The molecule has 2 fully saturated rings. The largest absolute Gasteiger partial charge is 0.416 e. The van der Waals surface area contributed by atoms with Crippen molar-refractivity contribution in [3.8, 4) is 0 Å². The molecule has 3 atom stereocenters. The number of benzene rings is 2. The highest BCUT2D eigenvalue weighted by molar-refractivity contribution is 5.84. The number of alkyl halides is 6. The predicted octanol–water partition coefficient (Wildman–Crippen LogP) is 4.94. The average Bonchev–Trinajstić information content (AvgIpc) is 3.24. The van der Waals surface area contributed by atoms with Gasteiger partial charge in [0.25, 0.3) is 0 Å². The van der Waals surface area contributed by atoms with E-state index in [2.05, 4.69) is 19.1 Å². The summed E-state index contributed by atoms with van der Waals surface area (Å²) in [5.41, 5.74) is 4.00. The van der Waals surface area contributed by atoms with Crippen LogP contribution in [0.5, 0.6) is 0 Å². The van der Waals surface area contributed by atoms with Crippen molar-refractivity contribution < 1.29 is 35.9 Å². The van der Waals surface area contributed by atoms with Crippen LogP contribution in [0, 0.1) is 6.92 Å². The van der Waals surface area contributed by atoms with E-state index in [0.717, 1.165) is 0 Å². The van der Waals surface area contributed by atoms with Gasteiger partial charge in [-0.25, -0.2) is 0 Å². The molecule has 4 rings (SSSR count). The van der Waals surface area contributed by atoms with Gasteiger partial charge >= 0.3 is 12.4 Å². The fourth-order valence-electron chi connectivity index (χ4n) is 3.95. The summed E-state index contributed by atoms with van der Waals surface area (Å²) in [5, 5.41) is 0. The first kappa shape index (κ1) is 25.0. The van der Waals surface area contributed by atoms with Crippen molar-refractivity contribution in [3.63, 3.8) is 0 Å². The number of hydrogen-bond acceptors (Lipinski definition) is 3. The minimum absolute atomic E-state index is 0.0786. The van der Waals surface area contributed by atoms with Crippen molar-refractivity contribution >= 4 is 5.91 Å². The zero-order valence-electron chi connectivity index (χ0n) is 17.8. The summed E-state index contributed by atoms with van der Waals surface area (Å²) in [7, 11) is 0. The second-order valence-electron chi connectivity index (χ2n) is 8.22. The monoisotopic (exact) mass is 474 g/mol. The molecule has 2 saturated heterocycles. The number of rotatable bonds is 3. The molecule has 180 valence electrons. The third-order valence-corrected chi connectivity index (χ3v) is 5.58. The van der Waals surface area contributed by atoms with Crippen LogP contribution in [0.2, 0.25) is 0 Å². The molecule has 0 saturated carbocycles. The number of nitrogens with zero attached hydrogens (tertiary/aromatic N) is 1. The van der Waals surface area contributed by atoms with Crippen LogP contribution in [0.3, 0.4) is 0 Å². The van der Waals surface area contributed by atoms with Gasteiger partial charge in [-0.2, -0.15) is 26.3 Å². The fraction of sp³-hybridized carbons (Fsp3) is 0.435. The van der Waals surface area contributed by atoms with Gasteiger partial charge in [-0.05, 0) is 43.5 Å². The van der Waals surface area contributed by atoms with E-state index in [1.54, 1.807) is 4.90 Å². The van der Waals surface area contributed by atoms with Crippen LogP contribution in [-0.2, 0) is 28.5 Å². The van der Waals surface area contributed by atoms with Gasteiger partial charge in [0.1, 0.15) is 0 Å². The Morgan fingerprint density at radius 1 is 0.970 bits per heavy atom. The smallest absolute Gasteiger partial charge is 0.372 e. The molecule has 33 heavy (non-hydrogen) atoms. The number of ether oxygens (including phenoxy) is 1. The highest BCUT2D eigenvalue weighted by Gasteiger charge is 2.44. The molecule has 0 aliphatic carbocycles. The first-order valence-electron chi connectivity index (χ1n) is 10.3. The van der Waals surface area contributed by atoms with E-state index in [1.807, 2.05) is 18.2 Å². The number of fused-ring (bicyclic) bond motifs is 1. The Balaban J connectivity index is 0.000000374. The molecule has 1 amide bonds. The standard InChI is InChI=1S/C16H16F6N2O2.C7H8/c17-15(18,19)9-1-8(2-10(3-9)16(20,21)22)7-26-12-4-11-5-13(23)14(25)24(11)6-12;1-7-5-3-2-4-6-7/h1-3,11-13H,4-7,23H2;2-6H,1H3. The Labute approximate surface area is 187 Å². The van der Waals surface area contributed by atoms with Gasteiger partial charge in [-0.1, -0.05) is 35.9 Å². The third-order valence-electron chi connectivity index (χ3n) is 5.58. The second-order valence-corrected chi connectivity index (χ2v) is 8.22. The van der Waals surface area contributed by atoms with Crippen LogP contribution >= 0.6 is 0 Å². The highest BCUT2D eigenvalue weighted by Crippen LogP contribution is 2.37. The average molecular weight is 474 g/mol. The number of hydrogen-bond donors (Lipinski definition) is 1. The van der Waals surface area contributed by atoms with Crippen molar-refractivity contribution in [3.05, 3.63) is 70.8 Å². The van der Waals surface area contributed by atoms with Gasteiger partial charge in [0, 0.05) is 12.6 Å². The minimum atomic E-state index is -4.89. The molecule has 2 aliphatic heterocycles. The van der Waals surface area contributed by atoms with Gasteiger partial charge in [0.05, 0.1) is 29.9 Å². The molecule has 0 radical (unpaired) electrons. The Bertz CT molecular complexity index is 929. The van der Waals surface area contributed by atoms with Crippen LogP contribution in [0.1, 0.15) is 35.1 Å². The molecule has 2 aliphatic rings. The summed E-state index contributed by atoms with van der Waals surface area (Å²) in [4.78, 5) is 13.4. The van der Waals surface area contributed by atoms with Crippen molar-refractivity contribution in [2.24, 2.45) is 5.73 Å². The molecule has 0 bridgehead atoms. The molecule has 0 aromatic heterocycles. The van der Waals surface area contributed by atoms with Crippen molar-refractivity contribution in [1.82, 2.24) is 4.90 Å². The molecule has 10 heteroatoms. The van der Waals surface area contributed by atoms with Crippen LogP contribution in [0.4, 0.5) is 26.3 Å². The molecular formula is C23H24F6N2O2. The Hall–Kier alpha value is -2.59. The number of halogens is 6. The number of amides is 1. The summed E-state index contributed by atoms with van der Waals surface area (Å²) >= 11 is 0. The summed E-state index contributed by atoms with van der Waals surface area (Å²) in [6.45, 7) is 1.92. The lowest BCUT2D eigenvalue weighted by Gasteiger charge is -2.17. The normalized spacial score (nSPS) is 22.7. The number of nitrogens with two attached hydrogens (primary N) is 1. The van der Waals surface area contributed by atoms with Crippen LogP contribution < -0.4 is 5.73 Å². The van der Waals surface area contributed by atoms with E-state index in [4.69, 9.17) is 10.5 Å². The lowest BCUT2D eigenvalue weighted by atomic mass is 10.0. The van der Waals surface area contributed by atoms with Crippen LogP contribution in [0.15, 0.2) is 48.5 Å². The molecule has 0 spiro atoms.